The van der Waals surface area contributed by atoms with Crippen molar-refractivity contribution in [3.63, 3.8) is 0 Å². The molecule has 0 saturated heterocycles. The first-order valence-electron chi connectivity index (χ1n) is 4.51. The molecule has 0 fully saturated rings. The first-order chi connectivity index (χ1) is 5.31. The van der Waals surface area contributed by atoms with Gasteiger partial charge in [-0.25, -0.2) is 0 Å². The van der Waals surface area contributed by atoms with E-state index in [2.05, 4.69) is 13.2 Å². The van der Waals surface area contributed by atoms with Crippen molar-refractivity contribution in [2.45, 2.75) is 32.6 Å². The molecular formula is C9H21IOS. The molecule has 0 rings (SSSR count). The summed E-state index contributed by atoms with van der Waals surface area (Å²) in [6.07, 6.45) is 7.67. The van der Waals surface area contributed by atoms with Crippen LogP contribution >= 0.6 is 0 Å². The van der Waals surface area contributed by atoms with E-state index < -0.39 is 0 Å². The fourth-order valence-electron chi connectivity index (χ4n) is 1.03. The van der Waals surface area contributed by atoms with E-state index in [0.29, 0.717) is 17.5 Å². The highest BCUT2D eigenvalue weighted by atomic mass is 127. The van der Waals surface area contributed by atoms with Gasteiger partial charge in [0.15, 0.2) is 0 Å². The molecule has 1 atom stereocenters. The molecule has 1 N–H and O–H groups in total. The Morgan fingerprint density at radius 2 is 1.75 bits per heavy atom. The molecular weight excluding hydrogens is 283 g/mol. The van der Waals surface area contributed by atoms with Crippen molar-refractivity contribution >= 4 is 10.9 Å². The van der Waals surface area contributed by atoms with E-state index in [9.17, 15) is 0 Å². The Hall–Kier alpha value is 1.04. The summed E-state index contributed by atoms with van der Waals surface area (Å²) >= 11 is 0. The largest absolute Gasteiger partial charge is 1.00 e. The Kier molecular flexibility index (Phi) is 15.6. The van der Waals surface area contributed by atoms with Gasteiger partial charge in [0.1, 0.15) is 11.5 Å². The third-order valence-corrected chi connectivity index (χ3v) is 3.65. The molecule has 0 radical (unpaired) electrons. The zero-order valence-electron chi connectivity index (χ0n) is 8.18. The van der Waals surface area contributed by atoms with Gasteiger partial charge >= 0.3 is 0 Å². The molecule has 1 unspecified atom stereocenters. The first-order valence-corrected chi connectivity index (χ1v) is 6.48. The predicted octanol–water partition coefficient (Wildman–Crippen LogP) is -1.19. The first kappa shape index (κ1) is 15.5. The maximum atomic E-state index is 8.65. The average Bonchev–Trinajstić information content (AvgIpc) is 1.99. The quantitative estimate of drug-likeness (QED) is 0.356. The van der Waals surface area contributed by atoms with Gasteiger partial charge in [0.2, 0.25) is 0 Å². The Balaban J connectivity index is 0. The van der Waals surface area contributed by atoms with E-state index in [4.69, 9.17) is 5.11 Å². The topological polar surface area (TPSA) is 20.2 Å². The Morgan fingerprint density at radius 1 is 1.08 bits per heavy atom. The van der Waals surface area contributed by atoms with E-state index in [1.807, 2.05) is 0 Å². The molecule has 3 heteroatoms. The summed E-state index contributed by atoms with van der Waals surface area (Å²) in [7, 11) is 0.476. The number of aliphatic hydroxyl groups is 1. The summed E-state index contributed by atoms with van der Waals surface area (Å²) in [6, 6.07) is 0. The lowest BCUT2D eigenvalue weighted by molar-refractivity contribution is -0.00000367. The van der Waals surface area contributed by atoms with Gasteiger partial charge in [-0.3, -0.25) is 0 Å². The molecule has 0 aliphatic heterocycles. The minimum atomic E-state index is 0. The summed E-state index contributed by atoms with van der Waals surface area (Å²) < 4.78 is 0. The average molecular weight is 304 g/mol. The van der Waals surface area contributed by atoms with Crippen LogP contribution in [0.5, 0.6) is 0 Å². The number of hydrogen-bond acceptors (Lipinski definition) is 1. The van der Waals surface area contributed by atoms with E-state index >= 15 is 0 Å². The van der Waals surface area contributed by atoms with Gasteiger partial charge in [-0.15, -0.1) is 0 Å². The Labute approximate surface area is 96.7 Å². The number of halogens is 1. The fourth-order valence-corrected chi connectivity index (χ4v) is 2.25. The standard InChI is InChI=1S/C9H21OS.HI/c1-3-4-5-6-8-11(2)9-7-10;/h10H,3-9H2,1-2H3;1H/q+1;/p-1. The second-order valence-electron chi connectivity index (χ2n) is 2.97. The number of rotatable bonds is 7. The van der Waals surface area contributed by atoms with E-state index in [-0.39, 0.29) is 24.0 Å². The summed E-state index contributed by atoms with van der Waals surface area (Å²) in [4.78, 5) is 0. The second-order valence-corrected chi connectivity index (χ2v) is 5.35. The minimum absolute atomic E-state index is 0. The third kappa shape index (κ3) is 11.0. The van der Waals surface area contributed by atoms with Crippen LogP contribution in [0, 0.1) is 0 Å². The summed E-state index contributed by atoms with van der Waals surface area (Å²) in [6.45, 7) is 2.60. The summed E-state index contributed by atoms with van der Waals surface area (Å²) in [5, 5.41) is 8.65. The maximum Gasteiger partial charge on any atom is 0.130 e. The molecule has 76 valence electrons. The molecule has 0 heterocycles. The van der Waals surface area contributed by atoms with Crippen LogP contribution < -0.4 is 24.0 Å². The molecule has 0 amide bonds. The fraction of sp³-hybridized carbons (Fsp3) is 1.00. The van der Waals surface area contributed by atoms with E-state index in [1.54, 1.807) is 0 Å². The molecule has 0 aliphatic rings. The van der Waals surface area contributed by atoms with Gasteiger partial charge < -0.3 is 29.1 Å². The second kappa shape index (κ2) is 12.0. The van der Waals surface area contributed by atoms with Crippen molar-refractivity contribution in [1.82, 2.24) is 0 Å². The predicted molar refractivity (Wildman–Crippen MR) is 54.3 cm³/mol. The van der Waals surface area contributed by atoms with Crippen LogP contribution in [-0.4, -0.2) is 29.5 Å². The number of aliphatic hydroxyl groups excluding tert-OH is 1. The normalized spacial score (nSPS) is 12.2. The molecule has 0 bridgehead atoms. The van der Waals surface area contributed by atoms with Gasteiger partial charge in [-0.1, -0.05) is 19.8 Å². The lowest BCUT2D eigenvalue weighted by atomic mass is 10.2. The van der Waals surface area contributed by atoms with E-state index in [1.165, 1.54) is 31.4 Å². The molecule has 1 nitrogen and oxygen atoms in total. The molecule has 0 spiro atoms. The van der Waals surface area contributed by atoms with Crippen molar-refractivity contribution in [2.75, 3.05) is 24.4 Å². The lowest BCUT2D eigenvalue weighted by Crippen LogP contribution is -3.00. The van der Waals surface area contributed by atoms with Crippen molar-refractivity contribution < 1.29 is 29.1 Å². The molecule has 0 aromatic rings. The molecule has 0 aromatic carbocycles. The Morgan fingerprint density at radius 3 is 2.25 bits per heavy atom. The van der Waals surface area contributed by atoms with Crippen LogP contribution in [0.3, 0.4) is 0 Å². The maximum absolute atomic E-state index is 8.65. The molecule has 0 aromatic heterocycles. The van der Waals surface area contributed by atoms with Crippen molar-refractivity contribution in [1.29, 1.82) is 0 Å². The summed E-state index contributed by atoms with van der Waals surface area (Å²) in [5.74, 6) is 2.33. The minimum Gasteiger partial charge on any atom is -1.00 e. The van der Waals surface area contributed by atoms with Crippen molar-refractivity contribution in [2.24, 2.45) is 0 Å². The third-order valence-electron chi connectivity index (χ3n) is 1.79. The lowest BCUT2D eigenvalue weighted by Gasteiger charge is -2.00. The monoisotopic (exact) mass is 304 g/mol. The van der Waals surface area contributed by atoms with Crippen LogP contribution in [0.1, 0.15) is 32.6 Å². The van der Waals surface area contributed by atoms with Gasteiger partial charge in [0.25, 0.3) is 0 Å². The SMILES string of the molecule is CCCCCC[S+](C)CCO.[I-]. The molecule has 0 aliphatic carbocycles. The van der Waals surface area contributed by atoms with Crippen LogP contribution in [-0.2, 0) is 10.9 Å². The number of hydrogen-bond donors (Lipinski definition) is 1. The van der Waals surface area contributed by atoms with Crippen LogP contribution in [0.25, 0.3) is 0 Å². The highest BCUT2D eigenvalue weighted by molar-refractivity contribution is 7.96. The summed E-state index contributed by atoms with van der Waals surface area (Å²) in [5.41, 5.74) is 0. The van der Waals surface area contributed by atoms with Crippen LogP contribution in [0.4, 0.5) is 0 Å². The smallest absolute Gasteiger partial charge is 0.130 e. The van der Waals surface area contributed by atoms with Crippen LogP contribution in [0.2, 0.25) is 0 Å². The van der Waals surface area contributed by atoms with E-state index in [0.717, 1.165) is 5.75 Å². The Bertz CT molecular complexity index is 80.9. The molecule has 12 heavy (non-hydrogen) atoms. The zero-order chi connectivity index (χ0) is 8.53. The van der Waals surface area contributed by atoms with Gasteiger partial charge in [-0.2, -0.15) is 0 Å². The highest BCUT2D eigenvalue weighted by Crippen LogP contribution is 2.02. The van der Waals surface area contributed by atoms with Gasteiger partial charge in [0, 0.05) is 0 Å². The highest BCUT2D eigenvalue weighted by Gasteiger charge is 2.07. The van der Waals surface area contributed by atoms with Crippen molar-refractivity contribution in [3.05, 3.63) is 0 Å². The van der Waals surface area contributed by atoms with Gasteiger partial charge in [-0.05, 0) is 23.7 Å². The van der Waals surface area contributed by atoms with Gasteiger partial charge in [0.05, 0.1) is 12.9 Å². The van der Waals surface area contributed by atoms with Crippen molar-refractivity contribution in [3.8, 4) is 0 Å². The zero-order valence-corrected chi connectivity index (χ0v) is 11.2. The van der Waals surface area contributed by atoms with Crippen LogP contribution in [0.15, 0.2) is 0 Å². The number of unbranched alkanes of at least 4 members (excludes halogenated alkanes) is 3. The molecule has 0 saturated carbocycles.